The Hall–Kier alpha value is -3.35. The minimum atomic E-state index is -0.964. The molecule has 3 amide bonds. The highest BCUT2D eigenvalue weighted by Crippen LogP contribution is 2.24. The normalized spacial score (nSPS) is 16.0. The van der Waals surface area contributed by atoms with Gasteiger partial charge in [0.2, 0.25) is 11.8 Å². The minimum absolute atomic E-state index is 0.188. The van der Waals surface area contributed by atoms with Gasteiger partial charge in [-0.05, 0) is 31.2 Å². The second-order valence-electron chi connectivity index (χ2n) is 5.74. The molecule has 2 aromatic carbocycles. The van der Waals surface area contributed by atoms with Gasteiger partial charge >= 0.3 is 0 Å². The van der Waals surface area contributed by atoms with Gasteiger partial charge in [0, 0.05) is 0 Å². The van der Waals surface area contributed by atoms with Crippen molar-refractivity contribution in [1.29, 1.82) is 0 Å². The SMILES string of the molecule is CCOc1ccccc1NC(=O)CC1NC(=O)c2ccccc2NC1=O. The molecule has 0 fully saturated rings. The van der Waals surface area contributed by atoms with Crippen LogP contribution in [0.15, 0.2) is 48.5 Å². The number of hydrogen-bond acceptors (Lipinski definition) is 4. The summed E-state index contributed by atoms with van der Waals surface area (Å²) in [6.07, 6.45) is -0.188. The summed E-state index contributed by atoms with van der Waals surface area (Å²) in [6, 6.07) is 12.8. The van der Waals surface area contributed by atoms with Gasteiger partial charge in [0.25, 0.3) is 5.91 Å². The maximum atomic E-state index is 12.4. The van der Waals surface area contributed by atoms with E-state index in [2.05, 4.69) is 16.0 Å². The quantitative estimate of drug-likeness (QED) is 0.767. The molecule has 0 saturated heterocycles. The van der Waals surface area contributed by atoms with E-state index >= 15 is 0 Å². The van der Waals surface area contributed by atoms with Gasteiger partial charge in [0.05, 0.1) is 30.0 Å². The summed E-state index contributed by atoms with van der Waals surface area (Å²) in [5.74, 6) is -0.684. The number of benzene rings is 2. The lowest BCUT2D eigenvalue weighted by Crippen LogP contribution is -2.43. The third-order valence-corrected chi connectivity index (χ3v) is 3.90. The van der Waals surface area contributed by atoms with Gasteiger partial charge in [-0.25, -0.2) is 0 Å². The Morgan fingerprint density at radius 3 is 2.65 bits per heavy atom. The number of amides is 3. The largest absolute Gasteiger partial charge is 0.492 e. The Morgan fingerprint density at radius 2 is 1.85 bits per heavy atom. The fourth-order valence-electron chi connectivity index (χ4n) is 2.69. The van der Waals surface area contributed by atoms with Crippen LogP contribution in [0.4, 0.5) is 11.4 Å². The first kappa shape index (κ1) is 17.5. The molecular weight excluding hydrogens is 334 g/mol. The summed E-state index contributed by atoms with van der Waals surface area (Å²) in [4.78, 5) is 37.0. The molecule has 7 heteroatoms. The zero-order valence-corrected chi connectivity index (χ0v) is 14.2. The fourth-order valence-corrected chi connectivity index (χ4v) is 2.69. The maximum Gasteiger partial charge on any atom is 0.254 e. The van der Waals surface area contributed by atoms with Crippen molar-refractivity contribution in [2.45, 2.75) is 19.4 Å². The predicted octanol–water partition coefficient (Wildman–Crippen LogP) is 2.16. The molecule has 1 aliphatic heterocycles. The molecule has 7 nitrogen and oxygen atoms in total. The van der Waals surface area contributed by atoms with Crippen LogP contribution in [0.2, 0.25) is 0 Å². The highest BCUT2D eigenvalue weighted by atomic mass is 16.5. The molecule has 0 aromatic heterocycles. The number of carbonyl (C=O) groups excluding carboxylic acids is 3. The molecule has 134 valence electrons. The van der Waals surface area contributed by atoms with E-state index in [9.17, 15) is 14.4 Å². The zero-order valence-electron chi connectivity index (χ0n) is 14.2. The minimum Gasteiger partial charge on any atom is -0.492 e. The van der Waals surface area contributed by atoms with Gasteiger partial charge in [-0.15, -0.1) is 0 Å². The van der Waals surface area contributed by atoms with Gasteiger partial charge in [0.1, 0.15) is 11.8 Å². The first-order valence-corrected chi connectivity index (χ1v) is 8.31. The molecule has 1 atom stereocenters. The fraction of sp³-hybridized carbons (Fsp3) is 0.211. The molecule has 1 aliphatic rings. The molecule has 0 spiro atoms. The van der Waals surface area contributed by atoms with E-state index in [1.807, 2.05) is 6.92 Å². The van der Waals surface area contributed by atoms with Crippen LogP contribution in [0.1, 0.15) is 23.7 Å². The van der Waals surface area contributed by atoms with Crippen LogP contribution < -0.4 is 20.7 Å². The summed E-state index contributed by atoms with van der Waals surface area (Å²) >= 11 is 0. The van der Waals surface area contributed by atoms with Crippen molar-refractivity contribution in [2.24, 2.45) is 0 Å². The van der Waals surface area contributed by atoms with Gasteiger partial charge in [-0.1, -0.05) is 24.3 Å². The smallest absolute Gasteiger partial charge is 0.254 e. The molecule has 2 aromatic rings. The number of carbonyl (C=O) groups is 3. The van der Waals surface area contributed by atoms with E-state index < -0.39 is 23.8 Å². The molecule has 0 radical (unpaired) electrons. The van der Waals surface area contributed by atoms with Crippen molar-refractivity contribution in [3.63, 3.8) is 0 Å². The van der Waals surface area contributed by atoms with Crippen LogP contribution in [-0.2, 0) is 9.59 Å². The van der Waals surface area contributed by atoms with Crippen LogP contribution in [-0.4, -0.2) is 30.4 Å². The summed E-state index contributed by atoms with van der Waals surface area (Å²) in [7, 11) is 0. The van der Waals surface area contributed by atoms with E-state index in [4.69, 9.17) is 4.74 Å². The number of anilines is 2. The lowest BCUT2D eigenvalue weighted by atomic mass is 10.1. The Labute approximate surface area is 150 Å². The van der Waals surface area contributed by atoms with Gasteiger partial charge in [0.15, 0.2) is 0 Å². The standard InChI is InChI=1S/C19H19N3O4/c1-2-26-16-10-6-5-9-14(16)20-17(23)11-15-19(25)21-13-8-4-3-7-12(13)18(24)22-15/h3-10,15H,2,11H2,1H3,(H,20,23)(H,21,25)(H,22,24). The summed E-state index contributed by atoms with van der Waals surface area (Å²) < 4.78 is 5.46. The van der Waals surface area contributed by atoms with Crippen molar-refractivity contribution >= 4 is 29.1 Å². The second kappa shape index (κ2) is 7.69. The van der Waals surface area contributed by atoms with Crippen LogP contribution in [0.5, 0.6) is 5.75 Å². The van der Waals surface area contributed by atoms with Gasteiger partial charge in [-0.3, -0.25) is 14.4 Å². The average Bonchev–Trinajstić information content (AvgIpc) is 2.74. The average molecular weight is 353 g/mol. The number of rotatable bonds is 5. The topological polar surface area (TPSA) is 96.5 Å². The molecule has 1 unspecified atom stereocenters. The predicted molar refractivity (Wildman–Crippen MR) is 97.2 cm³/mol. The number of para-hydroxylation sites is 3. The lowest BCUT2D eigenvalue weighted by molar-refractivity contribution is -0.122. The molecule has 0 aliphatic carbocycles. The molecule has 3 rings (SSSR count). The van der Waals surface area contributed by atoms with E-state index in [0.717, 1.165) is 0 Å². The Balaban J connectivity index is 1.70. The number of hydrogen-bond donors (Lipinski definition) is 3. The summed E-state index contributed by atoms with van der Waals surface area (Å²) in [5, 5.41) is 8.00. The Morgan fingerprint density at radius 1 is 1.12 bits per heavy atom. The van der Waals surface area contributed by atoms with Crippen molar-refractivity contribution in [3.8, 4) is 5.75 Å². The third-order valence-electron chi connectivity index (χ3n) is 3.90. The molecule has 0 bridgehead atoms. The van der Waals surface area contributed by atoms with Crippen LogP contribution in [0.3, 0.4) is 0 Å². The summed E-state index contributed by atoms with van der Waals surface area (Å²) in [5.41, 5.74) is 1.31. The highest BCUT2D eigenvalue weighted by molar-refractivity contribution is 6.11. The Kier molecular flexibility index (Phi) is 5.17. The molecule has 1 heterocycles. The lowest BCUT2D eigenvalue weighted by Gasteiger charge is -2.15. The van der Waals surface area contributed by atoms with Gasteiger partial charge < -0.3 is 20.7 Å². The highest BCUT2D eigenvalue weighted by Gasteiger charge is 2.29. The van der Waals surface area contributed by atoms with E-state index in [1.165, 1.54) is 0 Å². The van der Waals surface area contributed by atoms with E-state index in [0.29, 0.717) is 29.3 Å². The number of fused-ring (bicyclic) bond motifs is 1. The monoisotopic (exact) mass is 353 g/mol. The first-order chi connectivity index (χ1) is 12.6. The molecule has 0 saturated carbocycles. The zero-order chi connectivity index (χ0) is 18.5. The third kappa shape index (κ3) is 3.83. The Bertz CT molecular complexity index is 850. The van der Waals surface area contributed by atoms with Crippen molar-refractivity contribution in [1.82, 2.24) is 5.32 Å². The van der Waals surface area contributed by atoms with Crippen molar-refractivity contribution in [3.05, 3.63) is 54.1 Å². The van der Waals surface area contributed by atoms with Gasteiger partial charge in [-0.2, -0.15) is 0 Å². The number of ether oxygens (including phenoxy) is 1. The van der Waals surface area contributed by atoms with Crippen molar-refractivity contribution < 1.29 is 19.1 Å². The van der Waals surface area contributed by atoms with E-state index in [1.54, 1.807) is 48.5 Å². The second-order valence-corrected chi connectivity index (χ2v) is 5.74. The maximum absolute atomic E-state index is 12.4. The molecule has 3 N–H and O–H groups in total. The van der Waals surface area contributed by atoms with Crippen LogP contribution in [0, 0.1) is 0 Å². The van der Waals surface area contributed by atoms with E-state index in [-0.39, 0.29) is 6.42 Å². The summed E-state index contributed by atoms with van der Waals surface area (Å²) in [6.45, 7) is 2.31. The number of nitrogens with one attached hydrogen (secondary N) is 3. The first-order valence-electron chi connectivity index (χ1n) is 8.31. The van der Waals surface area contributed by atoms with Crippen molar-refractivity contribution in [2.75, 3.05) is 17.2 Å². The molecular formula is C19H19N3O4. The molecule has 26 heavy (non-hydrogen) atoms. The van der Waals surface area contributed by atoms with Crippen LogP contribution >= 0.6 is 0 Å². The van der Waals surface area contributed by atoms with Crippen LogP contribution in [0.25, 0.3) is 0 Å².